The van der Waals surface area contributed by atoms with Crippen LogP contribution in [0.15, 0.2) is 36.4 Å². The van der Waals surface area contributed by atoms with Gasteiger partial charge >= 0.3 is 0 Å². The summed E-state index contributed by atoms with van der Waals surface area (Å²) < 4.78 is 37.3. The van der Waals surface area contributed by atoms with E-state index in [-0.39, 0.29) is 24.6 Å². The largest absolute Gasteiger partial charge is 0.493 e. The summed E-state index contributed by atoms with van der Waals surface area (Å²) in [5, 5.41) is 2.67. The number of ether oxygens (including phenoxy) is 2. The SMILES string of the molecule is COc1ccc(NC(=O)CCN(C(C)=O)c2ccc(F)cc2F)cc1OC. The second kappa shape index (κ2) is 8.98. The van der Waals surface area contributed by atoms with Crippen molar-refractivity contribution in [2.45, 2.75) is 13.3 Å². The number of halogens is 2. The Hall–Kier alpha value is -3.16. The fourth-order valence-corrected chi connectivity index (χ4v) is 2.50. The Morgan fingerprint density at radius 3 is 2.33 bits per heavy atom. The molecule has 1 N–H and O–H groups in total. The molecule has 2 aromatic rings. The van der Waals surface area contributed by atoms with Crippen LogP contribution in [0.5, 0.6) is 11.5 Å². The molecule has 0 aliphatic rings. The van der Waals surface area contributed by atoms with E-state index >= 15 is 0 Å². The summed E-state index contributed by atoms with van der Waals surface area (Å²) in [6.07, 6.45) is -0.0786. The van der Waals surface area contributed by atoms with Crippen molar-refractivity contribution in [1.29, 1.82) is 0 Å². The maximum atomic E-state index is 13.9. The van der Waals surface area contributed by atoms with Gasteiger partial charge in [0.15, 0.2) is 11.5 Å². The molecule has 0 spiro atoms. The van der Waals surface area contributed by atoms with Crippen LogP contribution in [0.4, 0.5) is 20.2 Å². The monoisotopic (exact) mass is 378 g/mol. The summed E-state index contributed by atoms with van der Waals surface area (Å²) in [6, 6.07) is 7.79. The third-order valence-electron chi connectivity index (χ3n) is 3.81. The first-order valence-electron chi connectivity index (χ1n) is 8.10. The van der Waals surface area contributed by atoms with Gasteiger partial charge in [-0.1, -0.05) is 0 Å². The summed E-state index contributed by atoms with van der Waals surface area (Å²) in [4.78, 5) is 25.1. The standard InChI is InChI=1S/C19H20F2N2O4/c1-12(24)23(16-6-4-13(20)10-15(16)21)9-8-19(25)22-14-5-7-17(26-2)18(11-14)27-3/h4-7,10-11H,8-9H2,1-3H3,(H,22,25). The number of anilines is 2. The van der Waals surface area contributed by atoms with Gasteiger partial charge in [-0.25, -0.2) is 8.78 Å². The van der Waals surface area contributed by atoms with Crippen molar-refractivity contribution in [1.82, 2.24) is 0 Å². The normalized spacial score (nSPS) is 10.3. The number of benzene rings is 2. The van der Waals surface area contributed by atoms with Crippen LogP contribution in [0.2, 0.25) is 0 Å². The molecule has 0 fully saturated rings. The second-order valence-corrected chi connectivity index (χ2v) is 5.63. The Morgan fingerprint density at radius 2 is 1.74 bits per heavy atom. The number of nitrogens with zero attached hydrogens (tertiary/aromatic N) is 1. The first-order valence-corrected chi connectivity index (χ1v) is 8.10. The van der Waals surface area contributed by atoms with Crippen LogP contribution in [0, 0.1) is 11.6 Å². The highest BCUT2D eigenvalue weighted by molar-refractivity contribution is 5.95. The van der Waals surface area contributed by atoms with Gasteiger partial charge in [-0.2, -0.15) is 0 Å². The molecule has 0 heterocycles. The minimum atomic E-state index is -0.870. The fraction of sp³-hybridized carbons (Fsp3) is 0.263. The van der Waals surface area contributed by atoms with Crippen LogP contribution in [0.25, 0.3) is 0 Å². The van der Waals surface area contributed by atoms with Crippen molar-refractivity contribution in [3.8, 4) is 11.5 Å². The fourth-order valence-electron chi connectivity index (χ4n) is 2.50. The van der Waals surface area contributed by atoms with Crippen molar-refractivity contribution >= 4 is 23.2 Å². The molecule has 2 rings (SSSR count). The van der Waals surface area contributed by atoms with Crippen molar-refractivity contribution < 1.29 is 27.8 Å². The minimum Gasteiger partial charge on any atom is -0.493 e. The Bertz CT molecular complexity index is 842. The maximum absolute atomic E-state index is 13.9. The maximum Gasteiger partial charge on any atom is 0.226 e. The molecule has 0 saturated heterocycles. The number of methoxy groups -OCH3 is 2. The summed E-state index contributed by atoms with van der Waals surface area (Å²) in [5.74, 6) is -1.48. The van der Waals surface area contributed by atoms with E-state index in [0.717, 1.165) is 17.0 Å². The van der Waals surface area contributed by atoms with Crippen LogP contribution in [0.3, 0.4) is 0 Å². The van der Waals surface area contributed by atoms with E-state index in [9.17, 15) is 18.4 Å². The lowest BCUT2D eigenvalue weighted by atomic mass is 10.2. The van der Waals surface area contributed by atoms with E-state index in [1.54, 1.807) is 18.2 Å². The first-order chi connectivity index (χ1) is 12.8. The summed E-state index contributed by atoms with van der Waals surface area (Å²) >= 11 is 0. The Kier molecular flexibility index (Phi) is 6.70. The van der Waals surface area contributed by atoms with Gasteiger partial charge in [-0.3, -0.25) is 9.59 Å². The van der Waals surface area contributed by atoms with E-state index in [1.165, 1.54) is 21.1 Å². The first kappa shape index (κ1) is 20.2. The topological polar surface area (TPSA) is 67.9 Å². The van der Waals surface area contributed by atoms with Crippen LogP contribution >= 0.6 is 0 Å². The van der Waals surface area contributed by atoms with Crippen LogP contribution < -0.4 is 19.7 Å². The predicted octanol–water partition coefficient (Wildman–Crippen LogP) is 3.36. The Labute approximate surface area is 155 Å². The average Bonchev–Trinajstić information content (AvgIpc) is 2.63. The number of nitrogens with one attached hydrogen (secondary N) is 1. The Morgan fingerprint density at radius 1 is 1.04 bits per heavy atom. The van der Waals surface area contributed by atoms with Crippen LogP contribution in [-0.2, 0) is 9.59 Å². The van der Waals surface area contributed by atoms with Gasteiger partial charge in [0.1, 0.15) is 11.6 Å². The van der Waals surface area contributed by atoms with Crippen LogP contribution in [-0.4, -0.2) is 32.6 Å². The van der Waals surface area contributed by atoms with Gasteiger partial charge in [0.05, 0.1) is 19.9 Å². The van der Waals surface area contributed by atoms with Gasteiger partial charge in [-0.05, 0) is 24.3 Å². The highest BCUT2D eigenvalue weighted by Crippen LogP contribution is 2.29. The molecule has 0 aliphatic carbocycles. The van der Waals surface area contributed by atoms with E-state index in [1.807, 2.05) is 0 Å². The molecule has 8 heteroatoms. The number of carbonyl (C=O) groups is 2. The zero-order valence-electron chi connectivity index (χ0n) is 15.2. The summed E-state index contributed by atoms with van der Waals surface area (Å²) in [6.45, 7) is 1.19. The van der Waals surface area contributed by atoms with E-state index < -0.39 is 17.5 Å². The molecule has 2 amide bonds. The quantitative estimate of drug-likeness (QED) is 0.802. The number of carbonyl (C=O) groups excluding carboxylic acids is 2. The van der Waals surface area contributed by atoms with E-state index in [4.69, 9.17) is 9.47 Å². The molecule has 0 aromatic heterocycles. The molecular formula is C19H20F2N2O4. The molecule has 0 radical (unpaired) electrons. The van der Waals surface area contributed by atoms with Gasteiger partial charge in [0.25, 0.3) is 0 Å². The third-order valence-corrected chi connectivity index (χ3v) is 3.81. The molecule has 0 bridgehead atoms. The van der Waals surface area contributed by atoms with Crippen molar-refractivity contribution in [2.75, 3.05) is 31.0 Å². The van der Waals surface area contributed by atoms with Gasteiger partial charge in [0, 0.05) is 37.7 Å². The molecule has 6 nitrogen and oxygen atoms in total. The Balaban J connectivity index is 2.05. The van der Waals surface area contributed by atoms with Gasteiger partial charge < -0.3 is 19.7 Å². The zero-order valence-corrected chi connectivity index (χ0v) is 15.2. The number of hydrogen-bond acceptors (Lipinski definition) is 4. The highest BCUT2D eigenvalue weighted by Gasteiger charge is 2.18. The smallest absolute Gasteiger partial charge is 0.226 e. The molecular weight excluding hydrogens is 358 g/mol. The lowest BCUT2D eigenvalue weighted by molar-refractivity contribution is -0.117. The molecule has 0 saturated carbocycles. The molecule has 0 unspecified atom stereocenters. The number of hydrogen-bond donors (Lipinski definition) is 1. The van der Waals surface area contributed by atoms with E-state index in [0.29, 0.717) is 23.3 Å². The highest BCUT2D eigenvalue weighted by atomic mass is 19.1. The minimum absolute atomic E-state index is 0.0585. The van der Waals surface area contributed by atoms with Crippen molar-refractivity contribution in [2.24, 2.45) is 0 Å². The second-order valence-electron chi connectivity index (χ2n) is 5.63. The molecule has 27 heavy (non-hydrogen) atoms. The summed E-state index contributed by atoms with van der Waals surface area (Å²) in [5.41, 5.74) is 0.405. The molecule has 0 atom stereocenters. The van der Waals surface area contributed by atoms with E-state index in [2.05, 4.69) is 5.32 Å². The number of rotatable bonds is 7. The van der Waals surface area contributed by atoms with Gasteiger partial charge in [-0.15, -0.1) is 0 Å². The van der Waals surface area contributed by atoms with Gasteiger partial charge in [0.2, 0.25) is 11.8 Å². The number of amides is 2. The predicted molar refractivity (Wildman–Crippen MR) is 97.2 cm³/mol. The summed E-state index contributed by atoms with van der Waals surface area (Å²) in [7, 11) is 2.98. The lowest BCUT2D eigenvalue weighted by Crippen LogP contribution is -2.32. The molecule has 144 valence electrons. The van der Waals surface area contributed by atoms with Crippen LogP contribution in [0.1, 0.15) is 13.3 Å². The molecule has 0 aliphatic heterocycles. The third kappa shape index (κ3) is 5.16. The van der Waals surface area contributed by atoms with Crippen molar-refractivity contribution in [3.05, 3.63) is 48.0 Å². The average molecular weight is 378 g/mol. The van der Waals surface area contributed by atoms with Crippen molar-refractivity contribution in [3.63, 3.8) is 0 Å². The lowest BCUT2D eigenvalue weighted by Gasteiger charge is -2.21. The molecule has 2 aromatic carbocycles. The zero-order chi connectivity index (χ0) is 20.0.